The highest BCUT2D eigenvalue weighted by molar-refractivity contribution is 5.92. The minimum atomic E-state index is 0.339. The fraction of sp³-hybridized carbons (Fsp3) is 0.400. The number of nitrogens with one attached hydrogen (secondary N) is 1. The summed E-state index contributed by atoms with van der Waals surface area (Å²) < 4.78 is 16.8. The topological polar surface area (TPSA) is 94.2 Å². The molecular weight excluding hydrogens is 358 g/mol. The van der Waals surface area contributed by atoms with E-state index in [1.165, 1.54) is 0 Å². The minimum absolute atomic E-state index is 0.339. The summed E-state index contributed by atoms with van der Waals surface area (Å²) in [6.07, 6.45) is 2.68. The van der Waals surface area contributed by atoms with E-state index in [0.29, 0.717) is 38.9 Å². The number of ether oxygens (including phenoxy) is 3. The summed E-state index contributed by atoms with van der Waals surface area (Å²) in [6.45, 7) is 4.85. The normalized spacial score (nSPS) is 17.1. The molecule has 0 bridgehead atoms. The van der Waals surface area contributed by atoms with Crippen molar-refractivity contribution in [1.82, 2.24) is 4.98 Å². The molecule has 3 N–H and O–H groups in total. The summed E-state index contributed by atoms with van der Waals surface area (Å²) in [5.41, 5.74) is 7.95. The number of benzene rings is 1. The zero-order valence-corrected chi connectivity index (χ0v) is 15.8. The van der Waals surface area contributed by atoms with Gasteiger partial charge in [-0.1, -0.05) is 6.07 Å². The van der Waals surface area contributed by atoms with Crippen molar-refractivity contribution in [3.8, 4) is 11.5 Å². The first-order valence-electron chi connectivity index (χ1n) is 9.53. The molecule has 0 atom stereocenters. The number of rotatable bonds is 4. The van der Waals surface area contributed by atoms with Crippen molar-refractivity contribution in [1.29, 1.82) is 0 Å². The molecule has 0 radical (unpaired) electrons. The number of hydrogen-bond donors (Lipinski definition) is 2. The van der Waals surface area contributed by atoms with Crippen LogP contribution in [0.5, 0.6) is 11.5 Å². The molecule has 0 spiro atoms. The number of hydrogen-bond acceptors (Lipinski definition) is 6. The van der Waals surface area contributed by atoms with Gasteiger partial charge in [0.05, 0.1) is 33.0 Å². The molecule has 2 aliphatic heterocycles. The molecule has 0 aliphatic carbocycles. The fourth-order valence-electron chi connectivity index (χ4n) is 3.21. The summed E-state index contributed by atoms with van der Waals surface area (Å²) in [6, 6.07) is 9.61. The second-order valence-corrected chi connectivity index (χ2v) is 6.62. The smallest absolute Gasteiger partial charge is 0.193 e. The molecular formula is C20H25N5O3. The van der Waals surface area contributed by atoms with Gasteiger partial charge in [-0.3, -0.25) is 0 Å². The predicted molar refractivity (Wildman–Crippen MR) is 108 cm³/mol. The second-order valence-electron chi connectivity index (χ2n) is 6.62. The molecule has 1 saturated heterocycles. The second kappa shape index (κ2) is 8.79. The van der Waals surface area contributed by atoms with Gasteiger partial charge in [0.2, 0.25) is 0 Å². The third-order valence-corrected chi connectivity index (χ3v) is 4.62. The Hall–Kier alpha value is -3.00. The Labute approximate surface area is 164 Å². The van der Waals surface area contributed by atoms with Gasteiger partial charge < -0.3 is 30.2 Å². The summed E-state index contributed by atoms with van der Waals surface area (Å²) >= 11 is 0. The van der Waals surface area contributed by atoms with Gasteiger partial charge in [-0.2, -0.15) is 0 Å². The van der Waals surface area contributed by atoms with Crippen LogP contribution in [0.3, 0.4) is 0 Å². The zero-order chi connectivity index (χ0) is 19.2. The Kier molecular flexibility index (Phi) is 5.77. The van der Waals surface area contributed by atoms with Crippen LogP contribution in [0.1, 0.15) is 12.0 Å². The molecule has 1 aromatic heterocycles. The van der Waals surface area contributed by atoms with Crippen molar-refractivity contribution >= 4 is 17.5 Å². The zero-order valence-electron chi connectivity index (χ0n) is 15.8. The molecule has 0 saturated carbocycles. The van der Waals surface area contributed by atoms with Gasteiger partial charge in [-0.05, 0) is 18.2 Å². The summed E-state index contributed by atoms with van der Waals surface area (Å²) in [5, 5.41) is 3.12. The molecule has 28 heavy (non-hydrogen) atoms. The molecule has 3 heterocycles. The monoisotopic (exact) mass is 383 g/mol. The van der Waals surface area contributed by atoms with Gasteiger partial charge in [0.25, 0.3) is 0 Å². The molecule has 2 aromatic rings. The molecule has 4 rings (SSSR count). The lowest BCUT2D eigenvalue weighted by Gasteiger charge is -2.29. The molecule has 8 heteroatoms. The minimum Gasteiger partial charge on any atom is -0.490 e. The van der Waals surface area contributed by atoms with Crippen LogP contribution >= 0.6 is 0 Å². The Morgan fingerprint density at radius 3 is 2.79 bits per heavy atom. The number of fused-ring (bicyclic) bond motifs is 1. The van der Waals surface area contributed by atoms with Crippen LogP contribution in [0.4, 0.5) is 11.5 Å². The molecule has 1 aromatic carbocycles. The largest absolute Gasteiger partial charge is 0.490 e. The van der Waals surface area contributed by atoms with Crippen LogP contribution in [0.25, 0.3) is 0 Å². The Morgan fingerprint density at radius 1 is 1.11 bits per heavy atom. The van der Waals surface area contributed by atoms with Gasteiger partial charge in [0.15, 0.2) is 17.5 Å². The van der Waals surface area contributed by atoms with Crippen molar-refractivity contribution in [3.05, 3.63) is 42.1 Å². The van der Waals surface area contributed by atoms with Crippen LogP contribution in [0, 0.1) is 0 Å². The average Bonchev–Trinajstić information content (AvgIpc) is 2.98. The summed E-state index contributed by atoms with van der Waals surface area (Å²) in [7, 11) is 0. The number of pyridine rings is 1. The van der Waals surface area contributed by atoms with E-state index < -0.39 is 0 Å². The number of nitrogens with zero attached hydrogens (tertiary/aromatic N) is 3. The third-order valence-electron chi connectivity index (χ3n) is 4.62. The SMILES string of the molecule is NC(=NCc1cccnc1N1CCOCC1)Nc1ccc2c(c1)OCCCO2. The average molecular weight is 383 g/mol. The van der Waals surface area contributed by atoms with E-state index in [4.69, 9.17) is 19.9 Å². The van der Waals surface area contributed by atoms with E-state index in [9.17, 15) is 0 Å². The van der Waals surface area contributed by atoms with Crippen molar-refractivity contribution in [2.45, 2.75) is 13.0 Å². The standard InChI is InChI=1S/C20H25N5O3/c21-20(24-16-4-5-17-18(13-16)28-10-2-9-27-17)23-14-15-3-1-6-22-19(15)25-7-11-26-12-8-25/h1,3-6,13H,2,7-12,14H2,(H3,21,23,24). The number of morpholine rings is 1. The van der Waals surface area contributed by atoms with E-state index in [-0.39, 0.29) is 0 Å². The molecule has 2 aliphatic rings. The van der Waals surface area contributed by atoms with Crippen LogP contribution in [0.2, 0.25) is 0 Å². The maximum Gasteiger partial charge on any atom is 0.193 e. The number of guanidine groups is 1. The van der Waals surface area contributed by atoms with E-state index in [1.54, 1.807) is 6.20 Å². The third kappa shape index (κ3) is 4.45. The number of aromatic nitrogens is 1. The molecule has 148 valence electrons. The van der Waals surface area contributed by atoms with Gasteiger partial charge >= 0.3 is 0 Å². The van der Waals surface area contributed by atoms with Crippen LogP contribution in [-0.4, -0.2) is 50.5 Å². The highest BCUT2D eigenvalue weighted by Crippen LogP contribution is 2.32. The lowest BCUT2D eigenvalue weighted by molar-refractivity contribution is 0.122. The predicted octanol–water partition coefficient (Wildman–Crippen LogP) is 2.01. The van der Waals surface area contributed by atoms with Crippen molar-refractivity contribution in [2.75, 3.05) is 49.7 Å². The Morgan fingerprint density at radius 2 is 1.93 bits per heavy atom. The van der Waals surface area contributed by atoms with Crippen molar-refractivity contribution in [3.63, 3.8) is 0 Å². The lowest BCUT2D eigenvalue weighted by Crippen LogP contribution is -2.37. The Bertz CT molecular complexity index is 836. The van der Waals surface area contributed by atoms with Crippen LogP contribution < -0.4 is 25.4 Å². The summed E-state index contributed by atoms with van der Waals surface area (Å²) in [4.78, 5) is 11.2. The van der Waals surface area contributed by atoms with Crippen molar-refractivity contribution in [2.24, 2.45) is 10.7 Å². The van der Waals surface area contributed by atoms with E-state index in [1.807, 2.05) is 30.3 Å². The molecule has 8 nitrogen and oxygen atoms in total. The number of aliphatic imine (C=N–C) groups is 1. The maximum atomic E-state index is 6.10. The van der Waals surface area contributed by atoms with Gasteiger partial charge in [-0.25, -0.2) is 9.98 Å². The van der Waals surface area contributed by atoms with Gasteiger partial charge in [0, 0.05) is 43.0 Å². The summed E-state index contributed by atoms with van der Waals surface area (Å²) in [5.74, 6) is 2.76. The van der Waals surface area contributed by atoms with E-state index >= 15 is 0 Å². The van der Waals surface area contributed by atoms with E-state index in [2.05, 4.69) is 20.2 Å². The molecule has 1 fully saturated rings. The van der Waals surface area contributed by atoms with Crippen LogP contribution in [-0.2, 0) is 11.3 Å². The highest BCUT2D eigenvalue weighted by Gasteiger charge is 2.16. The fourth-order valence-corrected chi connectivity index (χ4v) is 3.21. The molecule has 0 amide bonds. The van der Waals surface area contributed by atoms with Crippen LogP contribution in [0.15, 0.2) is 41.5 Å². The maximum absolute atomic E-state index is 6.10. The number of anilines is 2. The van der Waals surface area contributed by atoms with Crippen molar-refractivity contribution < 1.29 is 14.2 Å². The quantitative estimate of drug-likeness (QED) is 0.616. The lowest BCUT2D eigenvalue weighted by atomic mass is 10.2. The first-order valence-corrected chi connectivity index (χ1v) is 9.53. The highest BCUT2D eigenvalue weighted by atomic mass is 16.5. The van der Waals surface area contributed by atoms with E-state index in [0.717, 1.165) is 48.1 Å². The number of nitrogens with two attached hydrogens (primary N) is 1. The first kappa shape index (κ1) is 18.4. The molecule has 0 unspecified atom stereocenters. The van der Waals surface area contributed by atoms with Gasteiger partial charge in [0.1, 0.15) is 5.82 Å². The first-order chi connectivity index (χ1) is 13.8. The Balaban J connectivity index is 1.43. The van der Waals surface area contributed by atoms with Gasteiger partial charge in [-0.15, -0.1) is 0 Å².